The predicted octanol–water partition coefficient (Wildman–Crippen LogP) is 3.92. The Hall–Kier alpha value is -1.80. The molecule has 0 amide bonds. The average Bonchev–Trinajstić information content (AvgIpc) is 2.39. The van der Waals surface area contributed by atoms with E-state index in [4.69, 9.17) is 4.74 Å². The fourth-order valence-electron chi connectivity index (χ4n) is 2.27. The van der Waals surface area contributed by atoms with Crippen LogP contribution in [0.5, 0.6) is 5.75 Å². The second kappa shape index (κ2) is 6.10. The fraction of sp³-hybridized carbons (Fsp3) is 0.333. The van der Waals surface area contributed by atoms with Gasteiger partial charge in [-0.2, -0.15) is 0 Å². The molecule has 0 heterocycles. The van der Waals surface area contributed by atoms with E-state index in [-0.39, 0.29) is 6.10 Å². The minimum absolute atomic E-state index is 0.129. The molecule has 0 spiro atoms. The molecular formula is C18H22O2. The van der Waals surface area contributed by atoms with E-state index >= 15 is 0 Å². The van der Waals surface area contributed by atoms with Crippen LogP contribution in [-0.2, 0) is 12.0 Å². The highest BCUT2D eigenvalue weighted by atomic mass is 16.5. The lowest BCUT2D eigenvalue weighted by atomic mass is 9.89. The molecule has 1 unspecified atom stereocenters. The van der Waals surface area contributed by atoms with Crippen molar-refractivity contribution in [2.75, 3.05) is 0 Å². The van der Waals surface area contributed by atoms with Gasteiger partial charge in [0.2, 0.25) is 0 Å². The first-order chi connectivity index (χ1) is 9.47. The lowest BCUT2D eigenvalue weighted by molar-refractivity contribution is 0.0572. The first kappa shape index (κ1) is 14.6. The maximum atomic E-state index is 10.7. The summed E-state index contributed by atoms with van der Waals surface area (Å²) < 4.78 is 5.69. The largest absolute Gasteiger partial charge is 0.491 e. The fourth-order valence-corrected chi connectivity index (χ4v) is 2.27. The molecule has 0 fully saturated rings. The van der Waals surface area contributed by atoms with Gasteiger partial charge < -0.3 is 9.84 Å². The molecule has 0 aliphatic heterocycles. The van der Waals surface area contributed by atoms with Crippen molar-refractivity contribution in [2.24, 2.45) is 0 Å². The molecule has 0 saturated heterocycles. The number of benzene rings is 2. The Morgan fingerprint density at radius 1 is 1.05 bits per heavy atom. The van der Waals surface area contributed by atoms with Crippen molar-refractivity contribution in [2.45, 2.75) is 38.9 Å². The zero-order valence-corrected chi connectivity index (χ0v) is 12.3. The van der Waals surface area contributed by atoms with Gasteiger partial charge in [-0.1, -0.05) is 42.5 Å². The van der Waals surface area contributed by atoms with Gasteiger partial charge in [-0.3, -0.25) is 0 Å². The molecule has 0 bridgehead atoms. The molecule has 2 heteroatoms. The van der Waals surface area contributed by atoms with Crippen molar-refractivity contribution in [3.05, 3.63) is 65.7 Å². The minimum atomic E-state index is -0.905. The van der Waals surface area contributed by atoms with Crippen LogP contribution < -0.4 is 4.74 Å². The maximum Gasteiger partial charge on any atom is 0.120 e. The number of rotatable bonds is 5. The van der Waals surface area contributed by atoms with Crippen LogP contribution in [0.3, 0.4) is 0 Å². The Labute approximate surface area is 121 Å². The number of hydrogen-bond acceptors (Lipinski definition) is 2. The quantitative estimate of drug-likeness (QED) is 0.892. The summed E-state index contributed by atoms with van der Waals surface area (Å²) in [6.07, 6.45) is 0.711. The van der Waals surface area contributed by atoms with Gasteiger partial charge in [0.05, 0.1) is 11.7 Å². The number of ether oxygens (including phenoxy) is 1. The van der Waals surface area contributed by atoms with Crippen LogP contribution in [0, 0.1) is 0 Å². The van der Waals surface area contributed by atoms with Gasteiger partial charge in [0, 0.05) is 6.42 Å². The van der Waals surface area contributed by atoms with Crippen molar-refractivity contribution in [1.82, 2.24) is 0 Å². The van der Waals surface area contributed by atoms with Crippen LogP contribution >= 0.6 is 0 Å². The summed E-state index contributed by atoms with van der Waals surface area (Å²) in [7, 11) is 0. The molecule has 1 N–H and O–H groups in total. The first-order valence-corrected chi connectivity index (χ1v) is 7.01. The summed E-state index contributed by atoms with van der Waals surface area (Å²) in [4.78, 5) is 0. The van der Waals surface area contributed by atoms with E-state index in [0.29, 0.717) is 6.42 Å². The summed E-state index contributed by atoms with van der Waals surface area (Å²) in [5.41, 5.74) is 1.09. The van der Waals surface area contributed by atoms with Crippen molar-refractivity contribution in [3.63, 3.8) is 0 Å². The first-order valence-electron chi connectivity index (χ1n) is 7.01. The maximum absolute atomic E-state index is 10.7. The van der Waals surface area contributed by atoms with Crippen LogP contribution in [-0.4, -0.2) is 11.2 Å². The highest BCUT2D eigenvalue weighted by Gasteiger charge is 2.24. The van der Waals surface area contributed by atoms with Gasteiger partial charge in [0.15, 0.2) is 0 Å². The zero-order valence-electron chi connectivity index (χ0n) is 12.3. The monoisotopic (exact) mass is 270 g/mol. The van der Waals surface area contributed by atoms with Crippen LogP contribution in [0.1, 0.15) is 31.9 Å². The molecule has 0 aliphatic carbocycles. The molecule has 106 valence electrons. The van der Waals surface area contributed by atoms with Crippen LogP contribution in [0.25, 0.3) is 0 Å². The summed E-state index contributed by atoms with van der Waals surface area (Å²) in [6, 6.07) is 17.7. The summed E-state index contributed by atoms with van der Waals surface area (Å²) in [5, 5.41) is 10.7. The van der Waals surface area contributed by atoms with E-state index in [2.05, 4.69) is 0 Å². The highest BCUT2D eigenvalue weighted by Crippen LogP contribution is 2.28. The molecule has 2 rings (SSSR count). The van der Waals surface area contributed by atoms with E-state index in [0.717, 1.165) is 16.9 Å². The third-order valence-corrected chi connectivity index (χ3v) is 3.22. The molecule has 2 nitrogen and oxygen atoms in total. The third-order valence-electron chi connectivity index (χ3n) is 3.22. The zero-order chi connectivity index (χ0) is 14.6. The van der Waals surface area contributed by atoms with Crippen molar-refractivity contribution >= 4 is 0 Å². The van der Waals surface area contributed by atoms with Crippen molar-refractivity contribution in [3.8, 4) is 5.75 Å². The van der Waals surface area contributed by atoms with Crippen molar-refractivity contribution in [1.29, 1.82) is 0 Å². The molecule has 2 aromatic carbocycles. The molecule has 0 saturated carbocycles. The Morgan fingerprint density at radius 2 is 1.75 bits per heavy atom. The standard InChI is InChI=1S/C18H22O2/c1-14(2)20-17-11-7-10-16(12-17)18(3,19)13-15-8-5-4-6-9-15/h4-12,14,19H,13H2,1-3H3. The molecule has 0 aromatic heterocycles. The number of hydrogen-bond donors (Lipinski definition) is 1. The minimum Gasteiger partial charge on any atom is -0.491 e. The second-order valence-electron chi connectivity index (χ2n) is 5.63. The lowest BCUT2D eigenvalue weighted by Crippen LogP contribution is -2.24. The molecule has 0 aliphatic rings. The van der Waals surface area contributed by atoms with Gasteiger partial charge in [-0.15, -0.1) is 0 Å². The summed E-state index contributed by atoms with van der Waals surface area (Å²) in [5.74, 6) is 0.797. The number of aliphatic hydroxyl groups is 1. The summed E-state index contributed by atoms with van der Waals surface area (Å²) >= 11 is 0. The smallest absolute Gasteiger partial charge is 0.120 e. The average molecular weight is 270 g/mol. The van der Waals surface area contributed by atoms with Gasteiger partial charge in [-0.05, 0) is 44.0 Å². The predicted molar refractivity (Wildman–Crippen MR) is 81.9 cm³/mol. The van der Waals surface area contributed by atoms with Gasteiger partial charge >= 0.3 is 0 Å². The van der Waals surface area contributed by atoms with Gasteiger partial charge in [-0.25, -0.2) is 0 Å². The van der Waals surface area contributed by atoms with Crippen molar-refractivity contribution < 1.29 is 9.84 Å². The van der Waals surface area contributed by atoms with E-state index in [1.54, 1.807) is 0 Å². The molecule has 20 heavy (non-hydrogen) atoms. The molecule has 1 atom stereocenters. The Morgan fingerprint density at radius 3 is 2.40 bits per heavy atom. The van der Waals surface area contributed by atoms with Crippen LogP contribution in [0.2, 0.25) is 0 Å². The van der Waals surface area contributed by atoms with Gasteiger partial charge in [0.25, 0.3) is 0 Å². The van der Waals surface area contributed by atoms with E-state index in [1.165, 1.54) is 0 Å². The Kier molecular flexibility index (Phi) is 4.46. The Balaban J connectivity index is 2.20. The van der Waals surface area contributed by atoms with Crippen LogP contribution in [0.4, 0.5) is 0 Å². The normalized spacial score (nSPS) is 14.1. The molecule has 0 radical (unpaired) electrons. The molecule has 2 aromatic rings. The van der Waals surface area contributed by atoms with E-state index in [1.807, 2.05) is 75.4 Å². The second-order valence-corrected chi connectivity index (χ2v) is 5.63. The molecular weight excluding hydrogens is 248 g/mol. The lowest BCUT2D eigenvalue weighted by Gasteiger charge is -2.25. The Bertz CT molecular complexity index is 544. The third kappa shape index (κ3) is 3.84. The van der Waals surface area contributed by atoms with Gasteiger partial charge in [0.1, 0.15) is 5.75 Å². The SMILES string of the molecule is CC(C)Oc1cccc(C(C)(O)Cc2ccccc2)c1. The van der Waals surface area contributed by atoms with Crippen LogP contribution in [0.15, 0.2) is 54.6 Å². The topological polar surface area (TPSA) is 29.5 Å². The van der Waals surface area contributed by atoms with E-state index in [9.17, 15) is 5.11 Å². The highest BCUT2D eigenvalue weighted by molar-refractivity contribution is 5.33. The summed E-state index contributed by atoms with van der Waals surface area (Å²) in [6.45, 7) is 5.83. The van der Waals surface area contributed by atoms with E-state index < -0.39 is 5.60 Å².